The van der Waals surface area contributed by atoms with E-state index in [2.05, 4.69) is 17.0 Å². The van der Waals surface area contributed by atoms with E-state index >= 15 is 0 Å². The second-order valence-corrected chi connectivity index (χ2v) is 7.77. The average Bonchev–Trinajstić information content (AvgIpc) is 3.15. The predicted molar refractivity (Wildman–Crippen MR) is 110 cm³/mol. The average molecular weight is 403 g/mol. The molecule has 158 valence electrons. The third-order valence-corrected chi connectivity index (χ3v) is 5.42. The van der Waals surface area contributed by atoms with Crippen LogP contribution >= 0.6 is 0 Å². The van der Waals surface area contributed by atoms with E-state index in [9.17, 15) is 9.18 Å². The quantitative estimate of drug-likeness (QED) is 0.697. The molecule has 3 rings (SSSR count). The maximum Gasteiger partial charge on any atom is 0.233 e. The van der Waals surface area contributed by atoms with Crippen molar-refractivity contribution in [1.29, 1.82) is 0 Å². The van der Waals surface area contributed by atoms with Gasteiger partial charge < -0.3 is 19.1 Å². The van der Waals surface area contributed by atoms with E-state index < -0.39 is 0 Å². The summed E-state index contributed by atoms with van der Waals surface area (Å²) in [6.45, 7) is 10.7. The smallest absolute Gasteiger partial charge is 0.233 e. The molecule has 1 unspecified atom stereocenters. The minimum absolute atomic E-state index is 0.0470. The fraction of sp³-hybridized carbons (Fsp3) is 0.545. The summed E-state index contributed by atoms with van der Waals surface area (Å²) in [6.07, 6.45) is 0.825. The second-order valence-electron chi connectivity index (χ2n) is 7.77. The molecule has 1 fully saturated rings. The molecule has 0 bridgehead atoms. The van der Waals surface area contributed by atoms with Crippen LogP contribution in [0.4, 0.5) is 10.3 Å². The Hall–Kier alpha value is -2.41. The molecular weight excluding hydrogens is 373 g/mol. The molecule has 0 saturated carbocycles. The van der Waals surface area contributed by atoms with Crippen LogP contribution in [0.15, 0.2) is 28.8 Å². The van der Waals surface area contributed by atoms with Crippen molar-refractivity contribution in [2.75, 3.05) is 31.2 Å². The number of nitrogens with zero attached hydrogens (tertiary/aromatic N) is 3. The van der Waals surface area contributed by atoms with Crippen molar-refractivity contribution in [2.24, 2.45) is 5.92 Å². The van der Waals surface area contributed by atoms with Gasteiger partial charge in [-0.2, -0.15) is 0 Å². The van der Waals surface area contributed by atoms with Gasteiger partial charge in [0.15, 0.2) is 0 Å². The van der Waals surface area contributed by atoms with Gasteiger partial charge in [-0.25, -0.2) is 4.39 Å². The topological polar surface area (TPSA) is 58.8 Å². The number of ether oxygens (including phenoxy) is 1. The van der Waals surface area contributed by atoms with E-state index in [0.717, 1.165) is 12.0 Å². The summed E-state index contributed by atoms with van der Waals surface area (Å²) in [6, 6.07) is 6.57. The first kappa shape index (κ1) is 21.3. The first-order chi connectivity index (χ1) is 13.9. The van der Waals surface area contributed by atoms with Crippen molar-refractivity contribution in [3.63, 3.8) is 0 Å². The van der Waals surface area contributed by atoms with Gasteiger partial charge in [-0.1, -0.05) is 38.1 Å². The molecule has 1 saturated heterocycles. The second kappa shape index (κ2) is 9.39. The molecule has 6 nitrogen and oxygen atoms in total. The Balaban J connectivity index is 2.06. The maximum atomic E-state index is 14.6. The third-order valence-electron chi connectivity index (χ3n) is 5.42. The molecule has 1 aromatic heterocycles. The SMILES string of the molecule is CCC(C)N(Cc1c(-c2ccccc2F)noc1N1CCOCC1)C(=O)C(C)C. The number of carbonyl (C=O) groups excluding carboxylic acids is 1. The van der Waals surface area contributed by atoms with Crippen LogP contribution < -0.4 is 4.90 Å². The Kier molecular flexibility index (Phi) is 6.90. The lowest BCUT2D eigenvalue weighted by Crippen LogP contribution is -2.41. The van der Waals surface area contributed by atoms with Crippen LogP contribution in [0.25, 0.3) is 11.3 Å². The molecule has 1 aromatic carbocycles. The Morgan fingerprint density at radius 1 is 1.24 bits per heavy atom. The largest absolute Gasteiger partial charge is 0.378 e. The van der Waals surface area contributed by atoms with Crippen LogP contribution in [0.3, 0.4) is 0 Å². The first-order valence-corrected chi connectivity index (χ1v) is 10.3. The number of benzene rings is 1. The van der Waals surface area contributed by atoms with Crippen molar-refractivity contribution in [3.05, 3.63) is 35.6 Å². The highest BCUT2D eigenvalue weighted by Crippen LogP contribution is 2.35. The number of amides is 1. The van der Waals surface area contributed by atoms with Crippen LogP contribution in [0.2, 0.25) is 0 Å². The van der Waals surface area contributed by atoms with Crippen LogP contribution in [0.1, 0.15) is 39.7 Å². The number of rotatable bonds is 7. The molecule has 0 radical (unpaired) electrons. The van der Waals surface area contributed by atoms with Crippen LogP contribution in [-0.2, 0) is 16.1 Å². The number of aromatic nitrogens is 1. The summed E-state index contributed by atoms with van der Waals surface area (Å²) in [7, 11) is 0. The summed E-state index contributed by atoms with van der Waals surface area (Å²) >= 11 is 0. The molecule has 0 spiro atoms. The van der Waals surface area contributed by atoms with E-state index in [4.69, 9.17) is 9.26 Å². The fourth-order valence-electron chi connectivity index (χ4n) is 3.50. The van der Waals surface area contributed by atoms with Crippen molar-refractivity contribution < 1.29 is 18.4 Å². The van der Waals surface area contributed by atoms with Gasteiger partial charge in [0.05, 0.1) is 25.3 Å². The Bertz CT molecular complexity index is 830. The van der Waals surface area contributed by atoms with Crippen molar-refractivity contribution >= 4 is 11.8 Å². The van der Waals surface area contributed by atoms with E-state index in [1.54, 1.807) is 18.2 Å². The van der Waals surface area contributed by atoms with E-state index in [1.807, 2.05) is 25.7 Å². The van der Waals surface area contributed by atoms with Crippen molar-refractivity contribution in [3.8, 4) is 11.3 Å². The molecule has 1 atom stereocenters. The van der Waals surface area contributed by atoms with Gasteiger partial charge in [-0.15, -0.1) is 0 Å². The van der Waals surface area contributed by atoms with Crippen LogP contribution in [0.5, 0.6) is 0 Å². The first-order valence-electron chi connectivity index (χ1n) is 10.3. The van der Waals surface area contributed by atoms with Gasteiger partial charge in [-0.3, -0.25) is 4.79 Å². The standard InChI is InChI=1S/C22H30FN3O3/c1-5-16(4)26(21(27)15(2)3)14-18-20(17-8-6-7-9-19(17)23)24-29-22(18)25-10-12-28-13-11-25/h6-9,15-16H,5,10-14H2,1-4H3. The molecule has 2 aromatic rings. The summed E-state index contributed by atoms with van der Waals surface area (Å²) in [5.41, 5.74) is 1.58. The highest BCUT2D eigenvalue weighted by atomic mass is 19.1. The van der Waals surface area contributed by atoms with Crippen LogP contribution in [-0.4, -0.2) is 48.3 Å². The lowest BCUT2D eigenvalue weighted by molar-refractivity contribution is -0.137. The number of carbonyl (C=O) groups is 1. The zero-order chi connectivity index (χ0) is 21.0. The van der Waals surface area contributed by atoms with Gasteiger partial charge in [0, 0.05) is 30.6 Å². The lowest BCUT2D eigenvalue weighted by Gasteiger charge is -2.32. The van der Waals surface area contributed by atoms with Crippen LogP contribution in [0, 0.1) is 11.7 Å². The Morgan fingerprint density at radius 2 is 1.93 bits per heavy atom. The zero-order valence-electron chi connectivity index (χ0n) is 17.7. The number of anilines is 1. The fourth-order valence-corrected chi connectivity index (χ4v) is 3.50. The molecule has 1 aliphatic heterocycles. The van der Waals surface area contributed by atoms with Gasteiger partial charge in [0.2, 0.25) is 11.8 Å². The summed E-state index contributed by atoms with van der Waals surface area (Å²) in [5, 5.41) is 4.23. The monoisotopic (exact) mass is 403 g/mol. The lowest BCUT2D eigenvalue weighted by atomic mass is 10.0. The van der Waals surface area contributed by atoms with Gasteiger partial charge in [0.25, 0.3) is 0 Å². The molecule has 1 amide bonds. The summed E-state index contributed by atoms with van der Waals surface area (Å²) in [5.74, 6) is 0.165. The minimum atomic E-state index is -0.360. The van der Waals surface area contributed by atoms with Crippen molar-refractivity contribution in [2.45, 2.75) is 46.7 Å². The van der Waals surface area contributed by atoms with Gasteiger partial charge >= 0.3 is 0 Å². The Morgan fingerprint density at radius 3 is 2.55 bits per heavy atom. The number of halogens is 1. The van der Waals surface area contributed by atoms with Gasteiger partial charge in [-0.05, 0) is 25.5 Å². The normalized spacial score (nSPS) is 15.6. The van der Waals surface area contributed by atoms with E-state index in [1.165, 1.54) is 6.07 Å². The van der Waals surface area contributed by atoms with E-state index in [-0.39, 0.29) is 23.7 Å². The van der Waals surface area contributed by atoms with E-state index in [0.29, 0.717) is 50.0 Å². The number of hydrogen-bond donors (Lipinski definition) is 0. The minimum Gasteiger partial charge on any atom is -0.378 e. The molecule has 2 heterocycles. The maximum absolute atomic E-state index is 14.6. The predicted octanol–water partition coefficient (Wildman–Crippen LogP) is 4.10. The summed E-state index contributed by atoms with van der Waals surface area (Å²) in [4.78, 5) is 16.9. The van der Waals surface area contributed by atoms with Gasteiger partial charge in [0.1, 0.15) is 11.5 Å². The number of morpholine rings is 1. The Labute approximate surface area is 171 Å². The van der Waals surface area contributed by atoms with Crippen molar-refractivity contribution in [1.82, 2.24) is 10.1 Å². The molecule has 1 aliphatic rings. The zero-order valence-corrected chi connectivity index (χ0v) is 17.7. The number of hydrogen-bond acceptors (Lipinski definition) is 5. The third kappa shape index (κ3) is 4.61. The molecule has 0 aliphatic carbocycles. The molecule has 0 N–H and O–H groups in total. The molecule has 7 heteroatoms. The molecule has 29 heavy (non-hydrogen) atoms. The molecular formula is C22H30FN3O3. The highest BCUT2D eigenvalue weighted by molar-refractivity contribution is 5.79. The summed E-state index contributed by atoms with van der Waals surface area (Å²) < 4.78 is 25.7. The highest BCUT2D eigenvalue weighted by Gasteiger charge is 2.30.